The minimum atomic E-state index is -0.549. The molecule has 2 aromatic carbocycles. The maximum atomic E-state index is 11.7. The molecule has 0 radical (unpaired) electrons. The summed E-state index contributed by atoms with van der Waals surface area (Å²) in [4.78, 5) is 35.0. The normalized spacial score (nSPS) is 9.88. The zero-order valence-corrected chi connectivity index (χ0v) is 14.6. The molecule has 26 heavy (non-hydrogen) atoms. The van der Waals surface area contributed by atoms with Crippen LogP contribution in [-0.2, 0) is 14.4 Å². The van der Waals surface area contributed by atoms with E-state index in [1.165, 1.54) is 0 Å². The van der Waals surface area contributed by atoms with Gasteiger partial charge in [0.15, 0.2) is 6.61 Å². The molecular weight excluding hydrogens is 358 g/mol. The first-order valence-corrected chi connectivity index (χ1v) is 8.22. The molecule has 0 unspecified atom stereocenters. The van der Waals surface area contributed by atoms with Crippen molar-refractivity contribution < 1.29 is 19.1 Å². The second-order valence-corrected chi connectivity index (χ2v) is 5.64. The van der Waals surface area contributed by atoms with Crippen LogP contribution in [0.1, 0.15) is 12.8 Å². The Hall–Kier alpha value is -3.06. The lowest BCUT2D eigenvalue weighted by Gasteiger charge is -2.09. The number of rotatable bonds is 7. The topological polar surface area (TPSA) is 96.5 Å². The van der Waals surface area contributed by atoms with Crippen molar-refractivity contribution in [2.45, 2.75) is 12.8 Å². The van der Waals surface area contributed by atoms with Crippen molar-refractivity contribution in [3.05, 3.63) is 59.6 Å². The average molecular weight is 376 g/mol. The molecule has 0 atom stereocenters. The number of hydrogen-bond acceptors (Lipinski definition) is 4. The quantitative estimate of drug-likeness (QED) is 0.647. The van der Waals surface area contributed by atoms with Crippen molar-refractivity contribution in [3.8, 4) is 5.75 Å². The SMILES string of the molecule is O=C(CCC(=O)Nc1ccccc1)NNC(=O)COc1ccccc1Cl. The molecule has 8 heteroatoms. The van der Waals surface area contributed by atoms with Gasteiger partial charge in [-0.05, 0) is 24.3 Å². The summed E-state index contributed by atoms with van der Waals surface area (Å²) < 4.78 is 5.24. The summed E-state index contributed by atoms with van der Waals surface area (Å²) in [6.07, 6.45) is -0.0724. The van der Waals surface area contributed by atoms with Gasteiger partial charge in [-0.25, -0.2) is 0 Å². The maximum absolute atomic E-state index is 11.7. The number of benzene rings is 2. The molecule has 0 aliphatic heterocycles. The Morgan fingerprint density at radius 3 is 2.15 bits per heavy atom. The first kappa shape index (κ1) is 19.3. The monoisotopic (exact) mass is 375 g/mol. The molecule has 136 valence electrons. The molecule has 0 aliphatic carbocycles. The number of ether oxygens (including phenoxy) is 1. The van der Waals surface area contributed by atoms with Gasteiger partial charge in [-0.15, -0.1) is 0 Å². The minimum absolute atomic E-state index is 0.00722. The van der Waals surface area contributed by atoms with Gasteiger partial charge in [-0.3, -0.25) is 25.2 Å². The fourth-order valence-corrected chi connectivity index (χ4v) is 2.11. The number of halogens is 1. The molecule has 0 aromatic heterocycles. The van der Waals surface area contributed by atoms with Gasteiger partial charge in [0.05, 0.1) is 5.02 Å². The van der Waals surface area contributed by atoms with Gasteiger partial charge >= 0.3 is 0 Å². The fraction of sp³-hybridized carbons (Fsp3) is 0.167. The molecule has 0 saturated carbocycles. The van der Waals surface area contributed by atoms with Gasteiger partial charge in [0, 0.05) is 18.5 Å². The first-order valence-electron chi connectivity index (χ1n) is 7.84. The molecule has 7 nitrogen and oxygen atoms in total. The van der Waals surface area contributed by atoms with Crippen molar-refractivity contribution in [1.29, 1.82) is 0 Å². The van der Waals surface area contributed by atoms with Crippen LogP contribution in [-0.4, -0.2) is 24.3 Å². The Morgan fingerprint density at radius 2 is 1.42 bits per heavy atom. The molecular formula is C18H18ClN3O4. The summed E-state index contributed by atoms with van der Waals surface area (Å²) in [5.41, 5.74) is 5.08. The van der Waals surface area contributed by atoms with Gasteiger partial charge in [0.25, 0.3) is 5.91 Å². The van der Waals surface area contributed by atoms with Crippen LogP contribution in [0.2, 0.25) is 5.02 Å². The number of anilines is 1. The maximum Gasteiger partial charge on any atom is 0.276 e. The van der Waals surface area contributed by atoms with Crippen LogP contribution in [0.4, 0.5) is 5.69 Å². The van der Waals surface area contributed by atoms with Gasteiger partial charge in [-0.2, -0.15) is 0 Å². The zero-order valence-electron chi connectivity index (χ0n) is 13.8. The summed E-state index contributed by atoms with van der Waals surface area (Å²) in [6.45, 7) is -0.307. The highest BCUT2D eigenvalue weighted by atomic mass is 35.5. The summed E-state index contributed by atoms with van der Waals surface area (Å²) in [7, 11) is 0. The summed E-state index contributed by atoms with van der Waals surface area (Å²) >= 11 is 5.90. The Balaban J connectivity index is 1.62. The number of carbonyl (C=O) groups is 3. The van der Waals surface area contributed by atoms with E-state index in [2.05, 4.69) is 16.2 Å². The summed E-state index contributed by atoms with van der Waals surface area (Å²) in [6, 6.07) is 15.6. The third kappa shape index (κ3) is 6.82. The highest BCUT2D eigenvalue weighted by Gasteiger charge is 2.09. The summed E-state index contributed by atoms with van der Waals surface area (Å²) in [5, 5.41) is 3.05. The van der Waals surface area contributed by atoms with Crippen LogP contribution in [0.15, 0.2) is 54.6 Å². The lowest BCUT2D eigenvalue weighted by molar-refractivity contribution is -0.130. The predicted octanol–water partition coefficient (Wildman–Crippen LogP) is 2.29. The smallest absolute Gasteiger partial charge is 0.276 e. The van der Waals surface area contributed by atoms with Gasteiger partial charge in [-0.1, -0.05) is 41.9 Å². The minimum Gasteiger partial charge on any atom is -0.482 e. The lowest BCUT2D eigenvalue weighted by atomic mass is 10.2. The number of hydrazine groups is 1. The highest BCUT2D eigenvalue weighted by Crippen LogP contribution is 2.22. The van der Waals surface area contributed by atoms with E-state index in [-0.39, 0.29) is 25.4 Å². The van der Waals surface area contributed by atoms with E-state index in [0.29, 0.717) is 16.5 Å². The number of amides is 3. The van der Waals surface area contributed by atoms with Crippen LogP contribution < -0.4 is 20.9 Å². The lowest BCUT2D eigenvalue weighted by Crippen LogP contribution is -2.44. The molecule has 2 aromatic rings. The van der Waals surface area contributed by atoms with Gasteiger partial charge in [0.2, 0.25) is 11.8 Å². The molecule has 3 amide bonds. The van der Waals surface area contributed by atoms with Gasteiger partial charge < -0.3 is 10.1 Å². The average Bonchev–Trinajstić information content (AvgIpc) is 2.65. The standard InChI is InChI=1S/C18H18ClN3O4/c19-14-8-4-5-9-15(14)26-12-18(25)22-21-17(24)11-10-16(23)20-13-6-2-1-3-7-13/h1-9H,10-12H2,(H,20,23)(H,21,24)(H,22,25). The van der Waals surface area contributed by atoms with E-state index in [1.54, 1.807) is 48.5 Å². The number of para-hydroxylation sites is 2. The Morgan fingerprint density at radius 1 is 0.808 bits per heavy atom. The van der Waals surface area contributed by atoms with E-state index in [9.17, 15) is 14.4 Å². The summed E-state index contributed by atoms with van der Waals surface area (Å²) in [5.74, 6) is -0.959. The van der Waals surface area contributed by atoms with Crippen LogP contribution in [0.3, 0.4) is 0 Å². The second kappa shape index (κ2) is 10.0. The molecule has 0 heterocycles. The van der Waals surface area contributed by atoms with E-state index in [4.69, 9.17) is 16.3 Å². The third-order valence-electron chi connectivity index (χ3n) is 3.17. The van der Waals surface area contributed by atoms with Gasteiger partial charge in [0.1, 0.15) is 5.75 Å². The highest BCUT2D eigenvalue weighted by molar-refractivity contribution is 6.32. The molecule has 3 N–H and O–H groups in total. The van der Waals surface area contributed by atoms with Crippen LogP contribution >= 0.6 is 11.6 Å². The van der Waals surface area contributed by atoms with Crippen molar-refractivity contribution in [2.75, 3.05) is 11.9 Å². The zero-order chi connectivity index (χ0) is 18.8. The third-order valence-corrected chi connectivity index (χ3v) is 3.49. The van der Waals surface area contributed by atoms with Crippen LogP contribution in [0.5, 0.6) is 5.75 Å². The number of carbonyl (C=O) groups excluding carboxylic acids is 3. The van der Waals surface area contributed by atoms with E-state index < -0.39 is 11.8 Å². The van der Waals surface area contributed by atoms with Crippen molar-refractivity contribution in [3.63, 3.8) is 0 Å². The molecule has 0 aliphatic rings. The fourth-order valence-electron chi connectivity index (χ4n) is 1.92. The molecule has 0 spiro atoms. The number of nitrogens with one attached hydrogen (secondary N) is 3. The molecule has 0 saturated heterocycles. The second-order valence-electron chi connectivity index (χ2n) is 5.23. The first-order chi connectivity index (χ1) is 12.5. The molecule has 0 bridgehead atoms. The Bertz CT molecular complexity index is 768. The largest absolute Gasteiger partial charge is 0.482 e. The predicted molar refractivity (Wildman–Crippen MR) is 97.5 cm³/mol. The van der Waals surface area contributed by atoms with Crippen molar-refractivity contribution >= 4 is 35.0 Å². The molecule has 0 fully saturated rings. The Labute approximate surface area is 155 Å². The Kier molecular flexibility index (Phi) is 7.45. The van der Waals surface area contributed by atoms with Crippen LogP contribution in [0, 0.1) is 0 Å². The molecule has 2 rings (SSSR count). The van der Waals surface area contributed by atoms with E-state index >= 15 is 0 Å². The van der Waals surface area contributed by atoms with Crippen molar-refractivity contribution in [2.24, 2.45) is 0 Å². The van der Waals surface area contributed by atoms with E-state index in [1.807, 2.05) is 6.07 Å². The van der Waals surface area contributed by atoms with Crippen LogP contribution in [0.25, 0.3) is 0 Å². The van der Waals surface area contributed by atoms with Crippen molar-refractivity contribution in [1.82, 2.24) is 10.9 Å². The number of hydrogen-bond donors (Lipinski definition) is 3. The van der Waals surface area contributed by atoms with E-state index in [0.717, 1.165) is 0 Å².